The van der Waals surface area contributed by atoms with Crippen molar-refractivity contribution in [2.24, 2.45) is 7.05 Å². The van der Waals surface area contributed by atoms with Crippen LogP contribution < -0.4 is 5.32 Å². The minimum Gasteiger partial charge on any atom is -0.341 e. The van der Waals surface area contributed by atoms with Gasteiger partial charge in [0, 0.05) is 68.4 Å². The number of imidazole rings is 1. The Balaban J connectivity index is 1.50. The third-order valence-electron chi connectivity index (χ3n) is 8.26. The van der Waals surface area contributed by atoms with E-state index in [1.807, 2.05) is 29.7 Å². The predicted octanol–water partition coefficient (Wildman–Crippen LogP) is 4.49. The predicted molar refractivity (Wildman–Crippen MR) is 149 cm³/mol. The molecular formula is C29H32F2N8O2. The van der Waals surface area contributed by atoms with Crippen LogP contribution >= 0.6 is 0 Å². The summed E-state index contributed by atoms with van der Waals surface area (Å²) in [4.78, 5) is 38.5. The van der Waals surface area contributed by atoms with E-state index in [0.29, 0.717) is 60.2 Å². The molecule has 5 heterocycles. The van der Waals surface area contributed by atoms with Gasteiger partial charge in [-0.1, -0.05) is 12.1 Å². The second-order valence-electron chi connectivity index (χ2n) is 10.8. The van der Waals surface area contributed by atoms with Crippen molar-refractivity contribution in [2.75, 3.05) is 27.2 Å². The lowest BCUT2D eigenvalue weighted by Crippen LogP contribution is -2.43. The minimum atomic E-state index is -2.74. The van der Waals surface area contributed by atoms with E-state index < -0.39 is 12.5 Å². The smallest absolute Gasteiger partial charge is 0.317 e. The summed E-state index contributed by atoms with van der Waals surface area (Å²) in [7, 11) is 5.11. The van der Waals surface area contributed by atoms with E-state index in [1.54, 1.807) is 41.8 Å². The first-order valence-electron chi connectivity index (χ1n) is 13.7. The number of aryl methyl sites for hydroxylation is 1. The van der Waals surface area contributed by atoms with Gasteiger partial charge < -0.3 is 19.7 Å². The van der Waals surface area contributed by atoms with E-state index in [0.717, 1.165) is 11.5 Å². The molecule has 1 N–H and O–H groups in total. The van der Waals surface area contributed by atoms with E-state index in [2.05, 4.69) is 15.4 Å². The molecule has 1 fully saturated rings. The SMILES string of the molecule is CNC(=O)N1CCC(c2nc(-c3cccc4nc(-c5cnn(C)c5)c(C(F)F)cc34)c3n2[C@H](C)C(=O)N(C)C3)CC1. The third-order valence-corrected chi connectivity index (χ3v) is 8.26. The standard InChI is InChI=1S/C29H32F2N8O2/c1-16-28(40)36(3)15-23-25(35-27(39(16)23)17-8-10-38(11-9-17)29(41)32-2)19-6-5-7-22-20(19)12-21(26(30)31)24(34-22)18-13-33-37(4)14-18/h5-7,12-14,16-17,26H,8-11,15H2,1-4H3,(H,32,41)/t16-/m1/s1. The summed E-state index contributed by atoms with van der Waals surface area (Å²) in [6.07, 6.45) is 1.88. The van der Waals surface area contributed by atoms with Crippen molar-refractivity contribution < 1.29 is 18.4 Å². The van der Waals surface area contributed by atoms with Crippen LogP contribution in [0.4, 0.5) is 13.6 Å². The highest BCUT2D eigenvalue weighted by atomic mass is 19.3. The van der Waals surface area contributed by atoms with Crippen LogP contribution in [0.15, 0.2) is 36.7 Å². The van der Waals surface area contributed by atoms with Crippen molar-refractivity contribution in [1.29, 1.82) is 0 Å². The molecule has 3 aromatic heterocycles. The zero-order valence-electron chi connectivity index (χ0n) is 23.4. The Labute approximate surface area is 236 Å². The molecule has 4 aromatic rings. The number of rotatable bonds is 4. The minimum absolute atomic E-state index is 0.00816. The van der Waals surface area contributed by atoms with Crippen LogP contribution in [-0.4, -0.2) is 73.2 Å². The number of halogens is 2. The number of likely N-dealkylation sites (N-methyl/N-ethyl adjacent to an activating group) is 1. The van der Waals surface area contributed by atoms with Crippen LogP contribution in [-0.2, 0) is 18.4 Å². The van der Waals surface area contributed by atoms with Crippen molar-refractivity contribution in [3.63, 3.8) is 0 Å². The van der Waals surface area contributed by atoms with Gasteiger partial charge in [-0.05, 0) is 31.9 Å². The number of nitrogens with one attached hydrogen (secondary N) is 1. The summed E-state index contributed by atoms with van der Waals surface area (Å²) in [5, 5.41) is 7.39. The maximum atomic E-state index is 14.4. The van der Waals surface area contributed by atoms with Crippen molar-refractivity contribution in [3.8, 4) is 22.5 Å². The Hall–Kier alpha value is -4.35. The number of nitrogens with zero attached hydrogens (tertiary/aromatic N) is 7. The first kappa shape index (κ1) is 26.9. The van der Waals surface area contributed by atoms with Gasteiger partial charge in [-0.25, -0.2) is 23.5 Å². The van der Waals surface area contributed by atoms with Crippen molar-refractivity contribution in [2.45, 2.75) is 44.7 Å². The Morgan fingerprint density at radius 3 is 2.54 bits per heavy atom. The van der Waals surface area contributed by atoms with Crippen molar-refractivity contribution >= 4 is 22.8 Å². The number of piperidine rings is 1. The van der Waals surface area contributed by atoms with E-state index in [1.165, 1.54) is 12.3 Å². The van der Waals surface area contributed by atoms with Gasteiger partial charge in [-0.3, -0.25) is 9.48 Å². The average Bonchev–Trinajstić information content (AvgIpc) is 3.58. The highest BCUT2D eigenvalue weighted by Gasteiger charge is 2.37. The lowest BCUT2D eigenvalue weighted by molar-refractivity contribution is -0.135. The number of carbonyl (C=O) groups excluding carboxylic acids is 2. The fourth-order valence-electron chi connectivity index (χ4n) is 6.16. The van der Waals surface area contributed by atoms with Gasteiger partial charge in [0.1, 0.15) is 11.9 Å². The van der Waals surface area contributed by atoms with Gasteiger partial charge in [-0.2, -0.15) is 5.10 Å². The number of hydrogen-bond donors (Lipinski definition) is 1. The zero-order valence-corrected chi connectivity index (χ0v) is 23.4. The van der Waals surface area contributed by atoms with Crippen LogP contribution in [0, 0.1) is 0 Å². The molecule has 2 aliphatic rings. The van der Waals surface area contributed by atoms with Gasteiger partial charge in [0.25, 0.3) is 6.43 Å². The molecule has 0 aliphatic carbocycles. The topological polar surface area (TPSA) is 101 Å². The largest absolute Gasteiger partial charge is 0.341 e. The van der Waals surface area contributed by atoms with E-state index in [9.17, 15) is 18.4 Å². The first-order chi connectivity index (χ1) is 19.7. The average molecular weight is 563 g/mol. The van der Waals surface area contributed by atoms with Crippen LogP contribution in [0.5, 0.6) is 0 Å². The summed E-state index contributed by atoms with van der Waals surface area (Å²) < 4.78 is 32.4. The molecule has 10 nitrogen and oxygen atoms in total. The third kappa shape index (κ3) is 4.51. The molecule has 6 rings (SSSR count). The normalized spacial score (nSPS) is 17.9. The van der Waals surface area contributed by atoms with Gasteiger partial charge in [0.2, 0.25) is 5.91 Å². The Kier molecular flexibility index (Phi) is 6.71. The second kappa shape index (κ2) is 10.2. The van der Waals surface area contributed by atoms with Crippen molar-refractivity contribution in [1.82, 2.24) is 39.4 Å². The number of amides is 3. The summed E-state index contributed by atoms with van der Waals surface area (Å²) in [5.74, 6) is 0.835. The number of fused-ring (bicyclic) bond motifs is 2. The highest BCUT2D eigenvalue weighted by molar-refractivity contribution is 5.96. The first-order valence-corrected chi connectivity index (χ1v) is 13.7. The van der Waals surface area contributed by atoms with Crippen LogP contribution in [0.1, 0.15) is 55.2 Å². The van der Waals surface area contributed by atoms with E-state index >= 15 is 0 Å². The number of aromatic nitrogens is 5. The fourth-order valence-corrected chi connectivity index (χ4v) is 6.16. The zero-order chi connectivity index (χ0) is 29.0. The number of benzene rings is 1. The number of carbonyl (C=O) groups is 2. The lowest BCUT2D eigenvalue weighted by Gasteiger charge is -2.35. The van der Waals surface area contributed by atoms with Gasteiger partial charge in [0.15, 0.2) is 0 Å². The molecule has 0 spiro atoms. The quantitative estimate of drug-likeness (QED) is 0.395. The van der Waals surface area contributed by atoms with E-state index in [4.69, 9.17) is 4.98 Å². The number of pyridine rings is 1. The molecule has 0 saturated carbocycles. The molecule has 1 atom stereocenters. The summed E-state index contributed by atoms with van der Waals surface area (Å²) >= 11 is 0. The molecule has 41 heavy (non-hydrogen) atoms. The fraction of sp³-hybridized carbons (Fsp3) is 0.414. The maximum Gasteiger partial charge on any atom is 0.317 e. The van der Waals surface area contributed by atoms with Crippen LogP contribution in [0.25, 0.3) is 33.4 Å². The Bertz CT molecular complexity index is 1650. The Morgan fingerprint density at radius 2 is 1.88 bits per heavy atom. The molecule has 1 aromatic carbocycles. The maximum absolute atomic E-state index is 14.4. The van der Waals surface area contributed by atoms with E-state index in [-0.39, 0.29) is 29.1 Å². The molecule has 3 amide bonds. The lowest BCUT2D eigenvalue weighted by atomic mass is 9.95. The second-order valence-corrected chi connectivity index (χ2v) is 10.8. The molecule has 0 radical (unpaired) electrons. The molecule has 12 heteroatoms. The van der Waals surface area contributed by atoms with Crippen molar-refractivity contribution in [3.05, 3.63) is 53.7 Å². The molecule has 1 saturated heterocycles. The van der Waals surface area contributed by atoms with Gasteiger partial charge >= 0.3 is 6.03 Å². The number of likely N-dealkylation sites (tertiary alicyclic amines) is 1. The number of hydrogen-bond acceptors (Lipinski definition) is 5. The molecule has 0 unspecified atom stereocenters. The monoisotopic (exact) mass is 562 g/mol. The van der Waals surface area contributed by atoms with Crippen LogP contribution in [0.2, 0.25) is 0 Å². The molecule has 214 valence electrons. The molecule has 2 aliphatic heterocycles. The van der Waals surface area contributed by atoms with Gasteiger partial charge in [0.05, 0.1) is 35.3 Å². The van der Waals surface area contributed by atoms with Gasteiger partial charge in [-0.15, -0.1) is 0 Å². The number of alkyl halides is 2. The summed E-state index contributed by atoms with van der Waals surface area (Å²) in [6.45, 7) is 3.38. The molecule has 0 bridgehead atoms. The highest BCUT2D eigenvalue weighted by Crippen LogP contribution is 2.41. The number of urea groups is 1. The van der Waals surface area contributed by atoms with Crippen LogP contribution in [0.3, 0.4) is 0 Å². The summed E-state index contributed by atoms with van der Waals surface area (Å²) in [5.41, 5.74) is 3.35. The summed E-state index contributed by atoms with van der Waals surface area (Å²) in [6, 6.07) is 6.49. The Morgan fingerprint density at radius 1 is 1.12 bits per heavy atom. The molecular weight excluding hydrogens is 530 g/mol.